The van der Waals surface area contributed by atoms with E-state index in [0.717, 1.165) is 17.2 Å². The van der Waals surface area contributed by atoms with Crippen LogP contribution in [0, 0.1) is 24.0 Å². The van der Waals surface area contributed by atoms with Crippen LogP contribution in [0.25, 0.3) is 0 Å². The van der Waals surface area contributed by atoms with Gasteiger partial charge in [-0.05, 0) is 37.1 Å². The van der Waals surface area contributed by atoms with Crippen LogP contribution in [-0.2, 0) is 9.53 Å². The van der Waals surface area contributed by atoms with E-state index in [-0.39, 0.29) is 11.3 Å². The third kappa shape index (κ3) is 4.39. The third-order valence-electron chi connectivity index (χ3n) is 3.29. The van der Waals surface area contributed by atoms with Gasteiger partial charge >= 0.3 is 5.97 Å². The third-order valence-corrected chi connectivity index (χ3v) is 3.29. The molecule has 0 atom stereocenters. The first-order valence-electron chi connectivity index (χ1n) is 7.15. The number of carbonyl (C=O) groups is 2. The molecule has 0 saturated carbocycles. The molecule has 0 aliphatic heterocycles. The van der Waals surface area contributed by atoms with Crippen molar-refractivity contribution in [2.45, 2.75) is 13.8 Å². The second kappa shape index (κ2) is 7.36. The Bertz CT molecular complexity index is 801. The fourth-order valence-electron chi connectivity index (χ4n) is 2.02. The zero-order valence-electron chi connectivity index (χ0n) is 13.2. The van der Waals surface area contributed by atoms with E-state index in [1.807, 2.05) is 32.0 Å². The Labute approximate surface area is 138 Å². The minimum absolute atomic E-state index is 0.0173. The van der Waals surface area contributed by atoms with Gasteiger partial charge in [0.05, 0.1) is 10.5 Å². The fourth-order valence-corrected chi connectivity index (χ4v) is 2.02. The van der Waals surface area contributed by atoms with Crippen molar-refractivity contribution in [1.29, 1.82) is 0 Å². The summed E-state index contributed by atoms with van der Waals surface area (Å²) >= 11 is 0. The van der Waals surface area contributed by atoms with Gasteiger partial charge in [0.1, 0.15) is 0 Å². The van der Waals surface area contributed by atoms with E-state index in [0.29, 0.717) is 5.69 Å². The monoisotopic (exact) mass is 328 g/mol. The SMILES string of the molecule is Cc1ccc(C)c(NC(=O)COC(=O)c2cccc([N+](=O)[O-])c2)c1. The molecule has 2 rings (SSSR count). The zero-order valence-corrected chi connectivity index (χ0v) is 13.2. The second-order valence-corrected chi connectivity index (χ2v) is 5.25. The molecule has 0 radical (unpaired) electrons. The maximum Gasteiger partial charge on any atom is 0.338 e. The minimum Gasteiger partial charge on any atom is -0.452 e. The van der Waals surface area contributed by atoms with E-state index in [2.05, 4.69) is 5.32 Å². The number of non-ortho nitro benzene ring substituents is 1. The summed E-state index contributed by atoms with van der Waals surface area (Å²) in [5.41, 5.74) is 2.32. The van der Waals surface area contributed by atoms with Gasteiger partial charge in [0.2, 0.25) is 0 Å². The summed E-state index contributed by atoms with van der Waals surface area (Å²) in [6.45, 7) is 3.27. The van der Waals surface area contributed by atoms with E-state index in [9.17, 15) is 19.7 Å². The molecule has 0 unspecified atom stereocenters. The number of amides is 1. The summed E-state index contributed by atoms with van der Waals surface area (Å²) in [7, 11) is 0. The molecule has 124 valence electrons. The summed E-state index contributed by atoms with van der Waals surface area (Å²) in [4.78, 5) is 33.8. The number of ether oxygens (including phenoxy) is 1. The lowest BCUT2D eigenvalue weighted by Crippen LogP contribution is -2.21. The number of esters is 1. The molecule has 0 heterocycles. The first kappa shape index (κ1) is 17.1. The standard InChI is InChI=1S/C17H16N2O5/c1-11-6-7-12(2)15(8-11)18-16(20)10-24-17(21)13-4-3-5-14(9-13)19(22)23/h3-9H,10H2,1-2H3,(H,18,20). The Hall–Kier alpha value is -3.22. The molecule has 0 saturated heterocycles. The van der Waals surface area contributed by atoms with Gasteiger partial charge in [-0.1, -0.05) is 18.2 Å². The Morgan fingerprint density at radius 1 is 1.17 bits per heavy atom. The van der Waals surface area contributed by atoms with Crippen LogP contribution in [0.1, 0.15) is 21.5 Å². The number of aryl methyl sites for hydroxylation is 2. The molecule has 1 amide bonds. The molecule has 1 N–H and O–H groups in total. The first-order valence-corrected chi connectivity index (χ1v) is 7.15. The maximum atomic E-state index is 11.9. The highest BCUT2D eigenvalue weighted by Crippen LogP contribution is 2.16. The van der Waals surface area contributed by atoms with Crippen LogP contribution in [0.5, 0.6) is 0 Å². The summed E-state index contributed by atoms with van der Waals surface area (Å²) in [5.74, 6) is -1.28. The van der Waals surface area contributed by atoms with Gasteiger partial charge in [-0.25, -0.2) is 4.79 Å². The number of nitrogens with one attached hydrogen (secondary N) is 1. The lowest BCUT2D eigenvalue weighted by Gasteiger charge is -2.10. The fraction of sp³-hybridized carbons (Fsp3) is 0.176. The van der Waals surface area contributed by atoms with E-state index < -0.39 is 23.4 Å². The molecule has 0 spiro atoms. The predicted molar refractivity (Wildman–Crippen MR) is 87.9 cm³/mol. The van der Waals surface area contributed by atoms with Crippen LogP contribution in [0.2, 0.25) is 0 Å². The second-order valence-electron chi connectivity index (χ2n) is 5.25. The Morgan fingerprint density at radius 3 is 2.62 bits per heavy atom. The lowest BCUT2D eigenvalue weighted by atomic mass is 10.1. The summed E-state index contributed by atoms with van der Waals surface area (Å²) in [6.07, 6.45) is 0. The molecular weight excluding hydrogens is 312 g/mol. The van der Waals surface area contributed by atoms with Crippen LogP contribution >= 0.6 is 0 Å². The van der Waals surface area contributed by atoms with Crippen molar-refractivity contribution in [3.05, 3.63) is 69.3 Å². The van der Waals surface area contributed by atoms with Gasteiger partial charge in [-0.2, -0.15) is 0 Å². The highest BCUT2D eigenvalue weighted by atomic mass is 16.6. The van der Waals surface area contributed by atoms with Crippen LogP contribution in [0.3, 0.4) is 0 Å². The number of nitro benzene ring substituents is 1. The van der Waals surface area contributed by atoms with E-state index in [1.165, 1.54) is 18.2 Å². The summed E-state index contributed by atoms with van der Waals surface area (Å²) in [6, 6.07) is 10.8. The molecule has 0 aliphatic rings. The Balaban J connectivity index is 1.96. The molecule has 2 aromatic carbocycles. The van der Waals surface area contributed by atoms with Gasteiger partial charge in [-0.15, -0.1) is 0 Å². The van der Waals surface area contributed by atoms with Gasteiger partial charge in [0.15, 0.2) is 6.61 Å². The topological polar surface area (TPSA) is 98.5 Å². The van der Waals surface area contributed by atoms with E-state index >= 15 is 0 Å². The first-order chi connectivity index (χ1) is 11.4. The molecule has 7 heteroatoms. The largest absolute Gasteiger partial charge is 0.452 e. The van der Waals surface area contributed by atoms with Crippen molar-refractivity contribution in [3.8, 4) is 0 Å². The van der Waals surface area contributed by atoms with Crippen molar-refractivity contribution in [1.82, 2.24) is 0 Å². The predicted octanol–water partition coefficient (Wildman–Crippen LogP) is 3.01. The quantitative estimate of drug-likeness (QED) is 0.517. The molecule has 2 aromatic rings. The van der Waals surface area contributed by atoms with E-state index in [4.69, 9.17) is 4.74 Å². The average molecular weight is 328 g/mol. The number of carbonyl (C=O) groups excluding carboxylic acids is 2. The molecule has 0 aliphatic carbocycles. The molecule has 0 bridgehead atoms. The lowest BCUT2D eigenvalue weighted by molar-refractivity contribution is -0.384. The van der Waals surface area contributed by atoms with Gasteiger partial charge in [-0.3, -0.25) is 14.9 Å². The summed E-state index contributed by atoms with van der Waals surface area (Å²) < 4.78 is 4.89. The van der Waals surface area contributed by atoms with Crippen LogP contribution in [0.15, 0.2) is 42.5 Å². The van der Waals surface area contributed by atoms with Gasteiger partial charge in [0.25, 0.3) is 11.6 Å². The van der Waals surface area contributed by atoms with Crippen molar-refractivity contribution >= 4 is 23.3 Å². The number of hydrogen-bond acceptors (Lipinski definition) is 5. The summed E-state index contributed by atoms with van der Waals surface area (Å²) in [5, 5.41) is 13.4. The molecular formula is C17H16N2O5. The van der Waals surface area contributed by atoms with Gasteiger partial charge in [0, 0.05) is 17.8 Å². The number of anilines is 1. The number of hydrogen-bond donors (Lipinski definition) is 1. The normalized spacial score (nSPS) is 10.1. The van der Waals surface area contributed by atoms with Crippen LogP contribution < -0.4 is 5.32 Å². The molecule has 24 heavy (non-hydrogen) atoms. The highest BCUT2D eigenvalue weighted by molar-refractivity contribution is 5.96. The molecule has 7 nitrogen and oxygen atoms in total. The van der Waals surface area contributed by atoms with Gasteiger partial charge < -0.3 is 10.1 Å². The van der Waals surface area contributed by atoms with Crippen LogP contribution in [0.4, 0.5) is 11.4 Å². The Morgan fingerprint density at radius 2 is 1.92 bits per heavy atom. The number of nitrogens with zero attached hydrogens (tertiary/aromatic N) is 1. The van der Waals surface area contributed by atoms with E-state index in [1.54, 1.807) is 0 Å². The minimum atomic E-state index is -0.796. The van der Waals surface area contributed by atoms with Crippen LogP contribution in [-0.4, -0.2) is 23.4 Å². The maximum absolute atomic E-state index is 11.9. The van der Waals surface area contributed by atoms with Crippen molar-refractivity contribution in [3.63, 3.8) is 0 Å². The zero-order chi connectivity index (χ0) is 17.7. The average Bonchev–Trinajstić information content (AvgIpc) is 2.56. The number of benzene rings is 2. The number of nitro groups is 1. The highest BCUT2D eigenvalue weighted by Gasteiger charge is 2.14. The molecule has 0 aromatic heterocycles. The number of rotatable bonds is 5. The van der Waals surface area contributed by atoms with Crippen molar-refractivity contribution in [2.75, 3.05) is 11.9 Å². The van der Waals surface area contributed by atoms with Crippen molar-refractivity contribution < 1.29 is 19.2 Å². The smallest absolute Gasteiger partial charge is 0.338 e. The molecule has 0 fully saturated rings. The Kier molecular flexibility index (Phi) is 5.26. The van der Waals surface area contributed by atoms with Crippen molar-refractivity contribution in [2.24, 2.45) is 0 Å².